The van der Waals surface area contributed by atoms with Crippen LogP contribution in [0.5, 0.6) is 0 Å². The van der Waals surface area contributed by atoms with Gasteiger partial charge in [0.15, 0.2) is 0 Å². The van der Waals surface area contributed by atoms with Crippen molar-refractivity contribution in [2.75, 3.05) is 31.1 Å². The second-order valence-electron chi connectivity index (χ2n) is 6.66. The summed E-state index contributed by atoms with van der Waals surface area (Å²) in [6, 6.07) is 5.01. The summed E-state index contributed by atoms with van der Waals surface area (Å²) < 4.78 is 0. The Hall–Kier alpha value is -1.09. The van der Waals surface area contributed by atoms with Gasteiger partial charge >= 0.3 is 0 Å². The summed E-state index contributed by atoms with van der Waals surface area (Å²) in [5.74, 6) is 1.99. The zero-order valence-corrected chi connectivity index (χ0v) is 12.9. The van der Waals surface area contributed by atoms with Crippen LogP contribution in [0.4, 0.5) is 5.82 Å². The molecule has 2 fully saturated rings. The van der Waals surface area contributed by atoms with E-state index in [0.29, 0.717) is 6.04 Å². The van der Waals surface area contributed by atoms with Gasteiger partial charge in [-0.2, -0.15) is 0 Å². The van der Waals surface area contributed by atoms with Crippen molar-refractivity contribution in [3.05, 3.63) is 23.9 Å². The van der Waals surface area contributed by atoms with Gasteiger partial charge in [-0.25, -0.2) is 4.98 Å². The lowest BCUT2D eigenvalue weighted by molar-refractivity contribution is 0.229. The smallest absolute Gasteiger partial charge is 0.133 e. The molecule has 0 aromatic carbocycles. The molecule has 3 nitrogen and oxygen atoms in total. The van der Waals surface area contributed by atoms with Crippen molar-refractivity contribution in [2.24, 2.45) is 5.92 Å². The molecule has 2 aliphatic heterocycles. The number of rotatable bonds is 4. The predicted molar refractivity (Wildman–Crippen MR) is 84.1 cm³/mol. The highest BCUT2D eigenvalue weighted by Crippen LogP contribution is 2.37. The number of hydrogen-bond donors (Lipinski definition) is 0. The molecule has 1 aromatic rings. The van der Waals surface area contributed by atoms with Crippen LogP contribution in [0, 0.1) is 5.92 Å². The molecule has 1 unspecified atom stereocenters. The van der Waals surface area contributed by atoms with Gasteiger partial charge in [0, 0.05) is 37.4 Å². The number of likely N-dealkylation sites (tertiary alicyclic amines) is 1. The molecule has 0 amide bonds. The molecule has 3 rings (SSSR count). The van der Waals surface area contributed by atoms with Crippen molar-refractivity contribution < 1.29 is 0 Å². The molecule has 20 heavy (non-hydrogen) atoms. The van der Waals surface area contributed by atoms with E-state index in [4.69, 9.17) is 4.98 Å². The highest BCUT2D eigenvalue weighted by Gasteiger charge is 2.30. The minimum atomic E-state index is 0.585. The summed E-state index contributed by atoms with van der Waals surface area (Å²) in [6.07, 6.45) is 7.21. The van der Waals surface area contributed by atoms with Crippen molar-refractivity contribution in [3.8, 4) is 0 Å². The lowest BCUT2D eigenvalue weighted by Crippen LogP contribution is -2.29. The molecule has 1 aromatic heterocycles. The zero-order valence-electron chi connectivity index (χ0n) is 12.9. The van der Waals surface area contributed by atoms with E-state index < -0.39 is 0 Å². The Morgan fingerprint density at radius 3 is 2.75 bits per heavy atom. The van der Waals surface area contributed by atoms with Gasteiger partial charge in [0.2, 0.25) is 0 Å². The van der Waals surface area contributed by atoms with Crippen molar-refractivity contribution in [1.82, 2.24) is 9.88 Å². The first-order valence-electron chi connectivity index (χ1n) is 8.19. The molecule has 0 spiro atoms. The third-order valence-electron chi connectivity index (χ3n) is 4.54. The largest absolute Gasteiger partial charge is 0.356 e. The fourth-order valence-corrected chi connectivity index (χ4v) is 3.73. The standard InChI is InChI=1S/C17H27N3/c1-14(2)13-20-12-6-8-16(20)15-7-5-9-18-17(15)19-10-3-4-11-19/h5,7,9,14,16H,3-4,6,8,10-13H2,1-2H3. The van der Waals surface area contributed by atoms with Gasteiger partial charge in [0.1, 0.15) is 5.82 Å². The maximum absolute atomic E-state index is 4.72. The summed E-state index contributed by atoms with van der Waals surface area (Å²) in [6.45, 7) is 9.46. The molecule has 0 bridgehead atoms. The van der Waals surface area contributed by atoms with Gasteiger partial charge < -0.3 is 4.90 Å². The Kier molecular flexibility index (Phi) is 4.25. The lowest BCUT2D eigenvalue weighted by atomic mass is 10.0. The van der Waals surface area contributed by atoms with E-state index in [2.05, 4.69) is 35.8 Å². The summed E-state index contributed by atoms with van der Waals surface area (Å²) in [5.41, 5.74) is 1.47. The third kappa shape index (κ3) is 2.83. The predicted octanol–water partition coefficient (Wildman–Crippen LogP) is 3.47. The molecule has 0 radical (unpaired) electrons. The summed E-state index contributed by atoms with van der Waals surface area (Å²) in [4.78, 5) is 9.87. The van der Waals surface area contributed by atoms with E-state index in [0.717, 1.165) is 5.92 Å². The molecule has 2 saturated heterocycles. The Morgan fingerprint density at radius 2 is 2.00 bits per heavy atom. The van der Waals surface area contributed by atoms with E-state index in [-0.39, 0.29) is 0 Å². The summed E-state index contributed by atoms with van der Waals surface area (Å²) >= 11 is 0. The van der Waals surface area contributed by atoms with Crippen LogP contribution in [-0.2, 0) is 0 Å². The lowest BCUT2D eigenvalue weighted by Gasteiger charge is -2.29. The van der Waals surface area contributed by atoms with Gasteiger partial charge in [-0.1, -0.05) is 19.9 Å². The topological polar surface area (TPSA) is 19.4 Å². The highest BCUT2D eigenvalue weighted by molar-refractivity contribution is 5.49. The first-order valence-corrected chi connectivity index (χ1v) is 8.19. The van der Waals surface area contributed by atoms with Crippen LogP contribution in [0.15, 0.2) is 18.3 Å². The monoisotopic (exact) mass is 273 g/mol. The van der Waals surface area contributed by atoms with Gasteiger partial charge in [-0.15, -0.1) is 0 Å². The van der Waals surface area contributed by atoms with Gasteiger partial charge in [-0.3, -0.25) is 4.90 Å². The number of anilines is 1. The van der Waals surface area contributed by atoms with Crippen LogP contribution in [0.25, 0.3) is 0 Å². The van der Waals surface area contributed by atoms with E-state index in [9.17, 15) is 0 Å². The first kappa shape index (κ1) is 13.9. The van der Waals surface area contributed by atoms with Crippen LogP contribution < -0.4 is 4.90 Å². The Balaban J connectivity index is 1.85. The molecule has 110 valence electrons. The minimum Gasteiger partial charge on any atom is -0.356 e. The van der Waals surface area contributed by atoms with E-state index in [1.165, 1.54) is 63.2 Å². The van der Waals surface area contributed by atoms with E-state index in [1.54, 1.807) is 0 Å². The molecule has 2 aliphatic rings. The highest BCUT2D eigenvalue weighted by atomic mass is 15.2. The number of aromatic nitrogens is 1. The average molecular weight is 273 g/mol. The Bertz CT molecular complexity index is 438. The third-order valence-corrected chi connectivity index (χ3v) is 4.54. The van der Waals surface area contributed by atoms with Crippen molar-refractivity contribution in [3.63, 3.8) is 0 Å². The average Bonchev–Trinajstić information content (AvgIpc) is 3.09. The zero-order chi connectivity index (χ0) is 13.9. The molecular formula is C17H27N3. The van der Waals surface area contributed by atoms with E-state index >= 15 is 0 Å². The summed E-state index contributed by atoms with van der Waals surface area (Å²) in [7, 11) is 0. The fourth-order valence-electron chi connectivity index (χ4n) is 3.73. The Morgan fingerprint density at radius 1 is 1.20 bits per heavy atom. The second-order valence-corrected chi connectivity index (χ2v) is 6.66. The first-order chi connectivity index (χ1) is 9.75. The van der Waals surface area contributed by atoms with E-state index in [1.807, 2.05) is 6.20 Å². The molecule has 0 saturated carbocycles. The molecule has 1 atom stereocenters. The van der Waals surface area contributed by atoms with Crippen molar-refractivity contribution in [2.45, 2.75) is 45.6 Å². The molecule has 3 heterocycles. The van der Waals surface area contributed by atoms with Gasteiger partial charge in [0.05, 0.1) is 0 Å². The molecule has 0 aliphatic carbocycles. The van der Waals surface area contributed by atoms with Crippen LogP contribution in [-0.4, -0.2) is 36.1 Å². The van der Waals surface area contributed by atoms with Gasteiger partial charge in [0.25, 0.3) is 0 Å². The molecule has 3 heteroatoms. The summed E-state index contributed by atoms with van der Waals surface area (Å²) in [5, 5.41) is 0. The van der Waals surface area contributed by atoms with Crippen molar-refractivity contribution in [1.29, 1.82) is 0 Å². The van der Waals surface area contributed by atoms with Crippen LogP contribution in [0.2, 0.25) is 0 Å². The van der Waals surface area contributed by atoms with Gasteiger partial charge in [-0.05, 0) is 44.2 Å². The molecule has 0 N–H and O–H groups in total. The SMILES string of the molecule is CC(C)CN1CCCC1c1cccnc1N1CCCC1. The normalized spacial score (nSPS) is 23.9. The number of hydrogen-bond acceptors (Lipinski definition) is 3. The number of nitrogens with zero attached hydrogens (tertiary/aromatic N) is 3. The van der Waals surface area contributed by atoms with Crippen LogP contribution in [0.1, 0.15) is 51.1 Å². The molecular weight excluding hydrogens is 246 g/mol. The maximum atomic E-state index is 4.72. The second kappa shape index (κ2) is 6.13. The van der Waals surface area contributed by atoms with Crippen molar-refractivity contribution >= 4 is 5.82 Å². The Labute approximate surface area is 123 Å². The van der Waals surface area contributed by atoms with Crippen LogP contribution >= 0.6 is 0 Å². The maximum Gasteiger partial charge on any atom is 0.133 e. The fraction of sp³-hybridized carbons (Fsp3) is 0.706. The minimum absolute atomic E-state index is 0.585. The van der Waals surface area contributed by atoms with Crippen LogP contribution in [0.3, 0.4) is 0 Å². The number of pyridine rings is 1. The quantitative estimate of drug-likeness (QED) is 0.837.